The molecule has 0 aliphatic carbocycles. The minimum Gasteiger partial charge on any atom is -0.490 e. The number of ether oxygens (including phenoxy) is 3. The average Bonchev–Trinajstić information content (AvgIpc) is 2.86. The van der Waals surface area contributed by atoms with Gasteiger partial charge in [0, 0.05) is 5.56 Å². The van der Waals surface area contributed by atoms with Gasteiger partial charge in [0.2, 0.25) is 0 Å². The highest BCUT2D eigenvalue weighted by Crippen LogP contribution is 2.35. The Bertz CT molecular complexity index is 1250. The van der Waals surface area contributed by atoms with E-state index in [1.54, 1.807) is 48.6 Å². The van der Waals surface area contributed by atoms with Gasteiger partial charge in [0.05, 0.1) is 5.56 Å². The van der Waals surface area contributed by atoms with Crippen molar-refractivity contribution < 1.29 is 28.9 Å². The minimum atomic E-state index is -1.33. The summed E-state index contributed by atoms with van der Waals surface area (Å²) in [5.41, 5.74) is 0.837. The Balaban J connectivity index is 1.96. The number of carbonyl (C=O) groups is 2. The van der Waals surface area contributed by atoms with E-state index in [-0.39, 0.29) is 22.4 Å². The van der Waals surface area contributed by atoms with E-state index >= 15 is 0 Å². The minimum absolute atomic E-state index is 0.0704. The van der Waals surface area contributed by atoms with Crippen molar-refractivity contribution >= 4 is 11.9 Å². The molecule has 34 heavy (non-hydrogen) atoms. The van der Waals surface area contributed by atoms with Crippen LogP contribution in [0.2, 0.25) is 0 Å². The quantitative estimate of drug-likeness (QED) is 0.252. The highest BCUT2D eigenvalue weighted by Gasteiger charge is 2.23. The second-order valence-corrected chi connectivity index (χ2v) is 6.92. The van der Waals surface area contributed by atoms with Gasteiger partial charge in [-0.1, -0.05) is 43.5 Å². The average molecular weight is 455 g/mol. The van der Waals surface area contributed by atoms with Crippen molar-refractivity contribution in [2.24, 2.45) is 0 Å². The molecule has 3 aromatic carbocycles. The summed E-state index contributed by atoms with van der Waals surface area (Å²) < 4.78 is 16.3. The highest BCUT2D eigenvalue weighted by molar-refractivity contribution is 5.98. The fourth-order valence-corrected chi connectivity index (χ4v) is 3.09. The molecule has 0 fully saturated rings. The van der Waals surface area contributed by atoms with E-state index < -0.39 is 11.9 Å². The molecule has 7 heteroatoms. The fraction of sp³-hybridized carbons (Fsp3) is 0.0741. The smallest absolute Gasteiger partial charge is 0.343 e. The summed E-state index contributed by atoms with van der Waals surface area (Å²) in [6.07, 6.45) is 3.21. The molecule has 0 bridgehead atoms. The second kappa shape index (κ2) is 11.2. The van der Waals surface area contributed by atoms with Gasteiger partial charge in [-0.15, -0.1) is 0 Å². The van der Waals surface area contributed by atoms with Crippen LogP contribution in [-0.2, 0) is 0 Å². The van der Waals surface area contributed by atoms with Crippen LogP contribution in [0, 0.1) is 11.3 Å². The first-order chi connectivity index (χ1) is 16.5. The number of nitriles is 1. The Labute approximate surface area is 196 Å². The lowest BCUT2D eigenvalue weighted by Gasteiger charge is -2.14. The third-order valence-corrected chi connectivity index (χ3v) is 4.69. The van der Waals surface area contributed by atoms with Gasteiger partial charge in [0.1, 0.15) is 41.9 Å². The summed E-state index contributed by atoms with van der Waals surface area (Å²) in [5.74, 6) is -1.32. The van der Waals surface area contributed by atoms with Gasteiger partial charge in [0.15, 0.2) is 5.75 Å². The number of nitrogens with zero attached hydrogens (tertiary/aromatic N) is 1. The van der Waals surface area contributed by atoms with E-state index in [0.717, 1.165) is 0 Å². The van der Waals surface area contributed by atoms with Crippen LogP contribution in [0.1, 0.15) is 26.3 Å². The summed E-state index contributed by atoms with van der Waals surface area (Å²) in [7, 11) is 0. The third-order valence-electron chi connectivity index (χ3n) is 4.69. The number of hydrogen-bond donors (Lipinski definition) is 1. The molecule has 0 aromatic heterocycles. The molecule has 0 spiro atoms. The molecule has 0 aliphatic heterocycles. The van der Waals surface area contributed by atoms with Crippen LogP contribution in [0.25, 0.3) is 11.1 Å². The van der Waals surface area contributed by atoms with Gasteiger partial charge in [-0.2, -0.15) is 5.26 Å². The lowest BCUT2D eigenvalue weighted by atomic mass is 9.96. The maximum Gasteiger partial charge on any atom is 0.343 e. The van der Waals surface area contributed by atoms with Gasteiger partial charge in [0.25, 0.3) is 0 Å². The van der Waals surface area contributed by atoms with Gasteiger partial charge < -0.3 is 19.3 Å². The summed E-state index contributed by atoms with van der Waals surface area (Å²) in [4.78, 5) is 24.6. The van der Waals surface area contributed by atoms with Crippen LogP contribution in [0.4, 0.5) is 0 Å². The van der Waals surface area contributed by atoms with E-state index in [0.29, 0.717) is 35.8 Å². The van der Waals surface area contributed by atoms with Crippen molar-refractivity contribution in [2.45, 2.75) is 0 Å². The zero-order chi connectivity index (χ0) is 24.5. The molecule has 0 saturated carbocycles. The Morgan fingerprint density at radius 2 is 1.44 bits per heavy atom. The lowest BCUT2D eigenvalue weighted by molar-refractivity contribution is 0.0681. The standard InChI is InChI=1S/C27H21NO6/c1-3-15-32-20-9-5-18(6-10-20)22-13-14-23(26(29)30)25(24(22)17-28)34-27(31)19-7-11-21(12-8-19)33-16-4-2/h3-14H,1-2,15-16H2,(H,29,30). The predicted molar refractivity (Wildman–Crippen MR) is 126 cm³/mol. The molecule has 0 saturated heterocycles. The van der Waals surface area contributed by atoms with Crippen molar-refractivity contribution in [2.75, 3.05) is 13.2 Å². The molecule has 1 N–H and O–H groups in total. The van der Waals surface area contributed by atoms with Crippen LogP contribution in [0.3, 0.4) is 0 Å². The summed E-state index contributed by atoms with van der Waals surface area (Å²) >= 11 is 0. The third kappa shape index (κ3) is 5.50. The van der Waals surface area contributed by atoms with Crippen molar-refractivity contribution in [3.05, 3.63) is 103 Å². The number of carboxylic acids is 1. The van der Waals surface area contributed by atoms with E-state index in [4.69, 9.17) is 14.2 Å². The zero-order valence-corrected chi connectivity index (χ0v) is 18.2. The maximum absolute atomic E-state index is 12.8. The van der Waals surface area contributed by atoms with E-state index in [1.165, 1.54) is 24.3 Å². The van der Waals surface area contributed by atoms with Crippen molar-refractivity contribution in [1.29, 1.82) is 5.26 Å². The maximum atomic E-state index is 12.8. The van der Waals surface area contributed by atoms with Gasteiger partial charge in [-0.25, -0.2) is 9.59 Å². The van der Waals surface area contributed by atoms with Crippen LogP contribution < -0.4 is 14.2 Å². The van der Waals surface area contributed by atoms with E-state index in [9.17, 15) is 20.0 Å². The van der Waals surface area contributed by atoms with E-state index in [2.05, 4.69) is 13.2 Å². The molecule has 0 unspecified atom stereocenters. The number of rotatable bonds is 10. The number of hydrogen-bond acceptors (Lipinski definition) is 6. The molecular formula is C27H21NO6. The molecule has 170 valence electrons. The highest BCUT2D eigenvalue weighted by atomic mass is 16.5. The Morgan fingerprint density at radius 1 is 0.882 bits per heavy atom. The predicted octanol–water partition coefficient (Wildman–Crippen LogP) is 5.27. The largest absolute Gasteiger partial charge is 0.490 e. The molecule has 3 rings (SSSR count). The first kappa shape index (κ1) is 23.8. The lowest BCUT2D eigenvalue weighted by Crippen LogP contribution is -2.13. The fourth-order valence-electron chi connectivity index (χ4n) is 3.09. The first-order valence-corrected chi connectivity index (χ1v) is 10.2. The van der Waals surface area contributed by atoms with Crippen LogP contribution in [0.5, 0.6) is 17.2 Å². The van der Waals surface area contributed by atoms with Gasteiger partial charge >= 0.3 is 11.9 Å². The number of carbonyl (C=O) groups excluding carboxylic acids is 1. The molecule has 7 nitrogen and oxygen atoms in total. The monoisotopic (exact) mass is 455 g/mol. The van der Waals surface area contributed by atoms with E-state index in [1.807, 2.05) is 6.07 Å². The van der Waals surface area contributed by atoms with Crippen molar-refractivity contribution in [3.63, 3.8) is 0 Å². The first-order valence-electron chi connectivity index (χ1n) is 10.2. The topological polar surface area (TPSA) is 106 Å². The number of benzene rings is 3. The SMILES string of the molecule is C=CCOc1ccc(C(=O)Oc2c(C(=O)O)ccc(-c3ccc(OCC=C)cc3)c2C#N)cc1. The molecule has 3 aromatic rings. The molecule has 0 heterocycles. The molecule has 0 atom stereocenters. The van der Waals surface area contributed by atoms with Crippen LogP contribution >= 0.6 is 0 Å². The molecule has 0 radical (unpaired) electrons. The molecule has 0 aliphatic rings. The number of carboxylic acid groups (broad SMARTS) is 1. The molecular weight excluding hydrogens is 434 g/mol. The van der Waals surface area contributed by atoms with Crippen molar-refractivity contribution in [1.82, 2.24) is 0 Å². The Hall–Kier alpha value is -4.83. The summed E-state index contributed by atoms with van der Waals surface area (Å²) in [6, 6.07) is 17.8. The van der Waals surface area contributed by atoms with Crippen LogP contribution in [-0.4, -0.2) is 30.3 Å². The number of aromatic carboxylic acids is 1. The summed E-state index contributed by atoms with van der Waals surface area (Å²) in [5, 5.41) is 19.5. The van der Waals surface area contributed by atoms with Crippen LogP contribution in [0.15, 0.2) is 86.0 Å². The Kier molecular flexibility index (Phi) is 7.82. The normalized spacial score (nSPS) is 9.97. The van der Waals surface area contributed by atoms with Crippen molar-refractivity contribution in [3.8, 4) is 34.4 Å². The summed E-state index contributed by atoms with van der Waals surface area (Å²) in [6.45, 7) is 7.82. The zero-order valence-electron chi connectivity index (χ0n) is 18.2. The Morgan fingerprint density at radius 3 is 1.94 bits per heavy atom. The molecule has 0 amide bonds. The van der Waals surface area contributed by atoms with Gasteiger partial charge in [-0.3, -0.25) is 0 Å². The van der Waals surface area contributed by atoms with Gasteiger partial charge in [-0.05, 0) is 48.0 Å². The number of esters is 1. The second-order valence-electron chi connectivity index (χ2n) is 6.92.